The summed E-state index contributed by atoms with van der Waals surface area (Å²) < 4.78 is 17.5. The SMILES string of the molecule is COC[C@@H](C)Nc1cccc(F)n1. The van der Waals surface area contributed by atoms with E-state index in [1.54, 1.807) is 19.2 Å². The zero-order chi connectivity index (χ0) is 9.68. The van der Waals surface area contributed by atoms with Gasteiger partial charge in [-0.1, -0.05) is 6.07 Å². The normalized spacial score (nSPS) is 12.5. The van der Waals surface area contributed by atoms with Gasteiger partial charge in [-0.2, -0.15) is 4.39 Å². The Balaban J connectivity index is 2.53. The maximum atomic E-state index is 12.6. The summed E-state index contributed by atoms with van der Waals surface area (Å²) in [5, 5.41) is 3.01. The Kier molecular flexibility index (Phi) is 3.64. The molecule has 72 valence electrons. The largest absolute Gasteiger partial charge is 0.383 e. The van der Waals surface area contributed by atoms with Crippen molar-refractivity contribution in [3.05, 3.63) is 24.1 Å². The Bertz CT molecular complexity index is 268. The number of halogens is 1. The summed E-state index contributed by atoms with van der Waals surface area (Å²) in [6.45, 7) is 2.51. The van der Waals surface area contributed by atoms with Gasteiger partial charge >= 0.3 is 0 Å². The fourth-order valence-corrected chi connectivity index (χ4v) is 1.03. The summed E-state index contributed by atoms with van der Waals surface area (Å²) in [6.07, 6.45) is 0. The highest BCUT2D eigenvalue weighted by atomic mass is 19.1. The number of rotatable bonds is 4. The highest BCUT2D eigenvalue weighted by molar-refractivity contribution is 5.34. The van der Waals surface area contributed by atoms with Crippen LogP contribution in [0.1, 0.15) is 6.92 Å². The first-order valence-electron chi connectivity index (χ1n) is 4.10. The molecule has 1 aromatic heterocycles. The van der Waals surface area contributed by atoms with Crippen LogP contribution in [0.15, 0.2) is 18.2 Å². The predicted octanol–water partition coefficient (Wildman–Crippen LogP) is 1.67. The lowest BCUT2D eigenvalue weighted by Crippen LogP contribution is -2.21. The number of anilines is 1. The molecule has 0 aliphatic rings. The van der Waals surface area contributed by atoms with Crippen LogP contribution in [0.5, 0.6) is 0 Å². The van der Waals surface area contributed by atoms with E-state index < -0.39 is 5.95 Å². The summed E-state index contributed by atoms with van der Waals surface area (Å²) in [5.41, 5.74) is 0. The van der Waals surface area contributed by atoms with Gasteiger partial charge in [0, 0.05) is 13.2 Å². The Morgan fingerprint density at radius 1 is 1.62 bits per heavy atom. The Hall–Kier alpha value is -1.16. The lowest BCUT2D eigenvalue weighted by atomic mass is 10.3. The molecule has 1 N–H and O–H groups in total. The van der Waals surface area contributed by atoms with Gasteiger partial charge in [0.15, 0.2) is 0 Å². The first-order chi connectivity index (χ1) is 6.22. The van der Waals surface area contributed by atoms with Gasteiger partial charge in [0.05, 0.1) is 6.61 Å². The number of aromatic nitrogens is 1. The Morgan fingerprint density at radius 3 is 3.00 bits per heavy atom. The summed E-state index contributed by atoms with van der Waals surface area (Å²) in [7, 11) is 1.62. The van der Waals surface area contributed by atoms with Gasteiger partial charge in [0.1, 0.15) is 5.82 Å². The van der Waals surface area contributed by atoms with E-state index in [-0.39, 0.29) is 6.04 Å². The number of hydrogen-bond donors (Lipinski definition) is 1. The van der Waals surface area contributed by atoms with E-state index in [0.29, 0.717) is 12.4 Å². The fraction of sp³-hybridized carbons (Fsp3) is 0.444. The molecule has 1 rings (SSSR count). The van der Waals surface area contributed by atoms with Crippen molar-refractivity contribution in [2.75, 3.05) is 19.0 Å². The second kappa shape index (κ2) is 4.77. The van der Waals surface area contributed by atoms with Crippen LogP contribution >= 0.6 is 0 Å². The first-order valence-corrected chi connectivity index (χ1v) is 4.10. The summed E-state index contributed by atoms with van der Waals surface area (Å²) >= 11 is 0. The molecule has 3 nitrogen and oxygen atoms in total. The molecular weight excluding hydrogens is 171 g/mol. The number of nitrogens with one attached hydrogen (secondary N) is 1. The molecule has 0 unspecified atom stereocenters. The van der Waals surface area contributed by atoms with Crippen molar-refractivity contribution in [1.29, 1.82) is 0 Å². The molecule has 0 aromatic carbocycles. The average Bonchev–Trinajstić information content (AvgIpc) is 2.04. The molecule has 0 amide bonds. The third-order valence-electron chi connectivity index (χ3n) is 1.53. The Labute approximate surface area is 76.9 Å². The van der Waals surface area contributed by atoms with Crippen molar-refractivity contribution < 1.29 is 9.13 Å². The highest BCUT2D eigenvalue weighted by Crippen LogP contribution is 2.05. The van der Waals surface area contributed by atoms with Gasteiger partial charge in [0.2, 0.25) is 5.95 Å². The molecule has 0 spiro atoms. The second-order valence-electron chi connectivity index (χ2n) is 2.85. The van der Waals surface area contributed by atoms with Crippen molar-refractivity contribution in [1.82, 2.24) is 4.98 Å². The number of ether oxygens (including phenoxy) is 1. The van der Waals surface area contributed by atoms with Crippen LogP contribution in [-0.4, -0.2) is 24.7 Å². The minimum Gasteiger partial charge on any atom is -0.383 e. The summed E-state index contributed by atoms with van der Waals surface area (Å²) in [6, 6.07) is 4.77. The fourth-order valence-electron chi connectivity index (χ4n) is 1.03. The van der Waals surface area contributed by atoms with Crippen LogP contribution in [0, 0.1) is 5.95 Å². The van der Waals surface area contributed by atoms with E-state index in [1.807, 2.05) is 6.92 Å². The zero-order valence-electron chi connectivity index (χ0n) is 7.75. The van der Waals surface area contributed by atoms with E-state index in [0.717, 1.165) is 0 Å². The van der Waals surface area contributed by atoms with Crippen LogP contribution in [0.4, 0.5) is 10.2 Å². The van der Waals surface area contributed by atoms with E-state index >= 15 is 0 Å². The molecule has 0 radical (unpaired) electrons. The van der Waals surface area contributed by atoms with Crippen LogP contribution in [0.25, 0.3) is 0 Å². The number of pyridine rings is 1. The molecule has 0 aliphatic heterocycles. The van der Waals surface area contributed by atoms with Gasteiger partial charge in [-0.05, 0) is 19.1 Å². The monoisotopic (exact) mass is 184 g/mol. The number of hydrogen-bond acceptors (Lipinski definition) is 3. The molecule has 0 saturated heterocycles. The molecule has 1 aromatic rings. The lowest BCUT2D eigenvalue weighted by Gasteiger charge is -2.12. The molecule has 1 atom stereocenters. The van der Waals surface area contributed by atoms with Crippen molar-refractivity contribution >= 4 is 5.82 Å². The minimum atomic E-state index is -0.477. The number of nitrogens with zero attached hydrogens (tertiary/aromatic N) is 1. The van der Waals surface area contributed by atoms with E-state index in [2.05, 4.69) is 10.3 Å². The third kappa shape index (κ3) is 3.38. The van der Waals surface area contributed by atoms with Crippen molar-refractivity contribution in [2.24, 2.45) is 0 Å². The second-order valence-corrected chi connectivity index (χ2v) is 2.85. The van der Waals surface area contributed by atoms with Crippen LogP contribution < -0.4 is 5.32 Å². The van der Waals surface area contributed by atoms with Crippen LogP contribution in [0.3, 0.4) is 0 Å². The van der Waals surface area contributed by atoms with Crippen molar-refractivity contribution in [3.8, 4) is 0 Å². The van der Waals surface area contributed by atoms with E-state index in [9.17, 15) is 4.39 Å². The number of methoxy groups -OCH3 is 1. The summed E-state index contributed by atoms with van der Waals surface area (Å²) in [4.78, 5) is 3.66. The smallest absolute Gasteiger partial charge is 0.214 e. The topological polar surface area (TPSA) is 34.1 Å². The van der Waals surface area contributed by atoms with E-state index in [1.165, 1.54) is 6.07 Å². The predicted molar refractivity (Wildman–Crippen MR) is 49.2 cm³/mol. The van der Waals surface area contributed by atoms with Gasteiger partial charge < -0.3 is 10.1 Å². The van der Waals surface area contributed by atoms with E-state index in [4.69, 9.17) is 4.74 Å². The van der Waals surface area contributed by atoms with Crippen molar-refractivity contribution in [3.63, 3.8) is 0 Å². The maximum Gasteiger partial charge on any atom is 0.214 e. The lowest BCUT2D eigenvalue weighted by molar-refractivity contribution is 0.190. The van der Waals surface area contributed by atoms with Crippen LogP contribution in [0.2, 0.25) is 0 Å². The first kappa shape index (κ1) is 9.92. The quantitative estimate of drug-likeness (QED) is 0.723. The molecule has 0 aliphatic carbocycles. The molecule has 0 saturated carbocycles. The third-order valence-corrected chi connectivity index (χ3v) is 1.53. The van der Waals surface area contributed by atoms with Gasteiger partial charge in [0.25, 0.3) is 0 Å². The molecule has 13 heavy (non-hydrogen) atoms. The molecule has 0 fully saturated rings. The molecule has 1 heterocycles. The minimum absolute atomic E-state index is 0.124. The highest BCUT2D eigenvalue weighted by Gasteiger charge is 2.02. The molecular formula is C9H13FN2O. The van der Waals surface area contributed by atoms with Gasteiger partial charge in [-0.25, -0.2) is 4.98 Å². The van der Waals surface area contributed by atoms with Gasteiger partial charge in [-0.15, -0.1) is 0 Å². The van der Waals surface area contributed by atoms with Gasteiger partial charge in [-0.3, -0.25) is 0 Å². The van der Waals surface area contributed by atoms with Crippen LogP contribution in [-0.2, 0) is 4.74 Å². The summed E-state index contributed by atoms with van der Waals surface area (Å²) in [5.74, 6) is 0.0548. The molecule has 4 heteroatoms. The average molecular weight is 184 g/mol. The molecule has 0 bridgehead atoms. The standard InChI is InChI=1S/C9H13FN2O/c1-7(6-13-2)11-9-5-3-4-8(10)12-9/h3-5,7H,6H2,1-2H3,(H,11,12)/t7-/m1/s1. The van der Waals surface area contributed by atoms with Crippen molar-refractivity contribution in [2.45, 2.75) is 13.0 Å². The Morgan fingerprint density at radius 2 is 2.38 bits per heavy atom. The maximum absolute atomic E-state index is 12.6. The zero-order valence-corrected chi connectivity index (χ0v) is 7.75.